The molecule has 0 aliphatic carbocycles. The van der Waals surface area contributed by atoms with E-state index in [0.29, 0.717) is 13.0 Å². The molecule has 140 valence electrons. The number of rotatable bonds is 5. The molecular weight excluding hydrogens is 326 g/mol. The number of hydrogen-bond acceptors (Lipinski definition) is 3. The molecule has 26 heavy (non-hydrogen) atoms. The lowest BCUT2D eigenvalue weighted by Gasteiger charge is -2.10. The Morgan fingerprint density at radius 2 is 1.54 bits per heavy atom. The van der Waals surface area contributed by atoms with Gasteiger partial charge in [0.15, 0.2) is 0 Å². The number of nitrogens with one attached hydrogen (secondary N) is 1. The Morgan fingerprint density at radius 1 is 1.00 bits per heavy atom. The van der Waals surface area contributed by atoms with Gasteiger partial charge in [0.25, 0.3) is 0 Å². The summed E-state index contributed by atoms with van der Waals surface area (Å²) < 4.78 is 5.18. The summed E-state index contributed by atoms with van der Waals surface area (Å²) in [5.74, 6) is 0.0552. The van der Waals surface area contributed by atoms with E-state index in [0.717, 1.165) is 24.9 Å². The second kappa shape index (κ2) is 12.7. The molecule has 1 fully saturated rings. The predicted octanol–water partition coefficient (Wildman–Crippen LogP) is 4.73. The summed E-state index contributed by atoms with van der Waals surface area (Å²) in [5, 5.41) is 2.57. The number of carbonyl (C=O) groups excluding carboxylic acids is 2. The van der Waals surface area contributed by atoms with Crippen LogP contribution in [0.2, 0.25) is 0 Å². The molecular formula is C22H29NO3. The van der Waals surface area contributed by atoms with E-state index in [4.69, 9.17) is 4.74 Å². The van der Waals surface area contributed by atoms with Gasteiger partial charge in [-0.2, -0.15) is 0 Å². The lowest BCUT2D eigenvalue weighted by molar-refractivity contribution is -0.145. The predicted molar refractivity (Wildman–Crippen MR) is 106 cm³/mol. The molecule has 1 saturated heterocycles. The van der Waals surface area contributed by atoms with E-state index in [1.54, 1.807) is 0 Å². The molecule has 2 aromatic rings. The highest BCUT2D eigenvalue weighted by Gasteiger charge is 2.07. The standard InChI is InChI=1S/C17H18O2.C3H5NO.C2H6/c1-2-6-17(18)19-13-14-9-11-16(12-10-14)15-7-4-3-5-8-15;5-3-1-2-4-3;1-2/h3-5,7-12H,2,6,13H2,1H3;1-2H2,(H,4,5);1-2H3. The van der Waals surface area contributed by atoms with Crippen molar-refractivity contribution in [2.45, 2.75) is 46.6 Å². The maximum atomic E-state index is 11.3. The van der Waals surface area contributed by atoms with Gasteiger partial charge in [-0.25, -0.2) is 0 Å². The molecule has 4 heteroatoms. The third-order valence-electron chi connectivity index (χ3n) is 3.59. The smallest absolute Gasteiger partial charge is 0.306 e. The van der Waals surface area contributed by atoms with Crippen LogP contribution in [0.5, 0.6) is 0 Å². The minimum absolute atomic E-state index is 0.130. The first kappa shape index (κ1) is 21.4. The maximum Gasteiger partial charge on any atom is 0.306 e. The fourth-order valence-corrected chi connectivity index (χ4v) is 2.09. The van der Waals surface area contributed by atoms with Crippen LogP contribution in [0.1, 0.15) is 45.6 Å². The first-order valence-electron chi connectivity index (χ1n) is 9.25. The van der Waals surface area contributed by atoms with Crippen molar-refractivity contribution in [1.29, 1.82) is 0 Å². The lowest BCUT2D eigenvalue weighted by Crippen LogP contribution is -2.37. The minimum atomic E-state index is -0.130. The van der Waals surface area contributed by atoms with Crippen molar-refractivity contribution in [3.8, 4) is 11.1 Å². The normalized spacial score (nSPS) is 11.6. The second-order valence-electron chi connectivity index (χ2n) is 5.57. The Balaban J connectivity index is 0.000000408. The van der Waals surface area contributed by atoms with E-state index < -0.39 is 0 Å². The average molecular weight is 355 g/mol. The van der Waals surface area contributed by atoms with Crippen molar-refractivity contribution in [3.05, 3.63) is 60.2 Å². The van der Waals surface area contributed by atoms with Gasteiger partial charge in [-0.15, -0.1) is 0 Å². The van der Waals surface area contributed by atoms with Crippen LogP contribution in [-0.4, -0.2) is 18.4 Å². The third kappa shape index (κ3) is 7.97. The van der Waals surface area contributed by atoms with Crippen molar-refractivity contribution < 1.29 is 14.3 Å². The number of carbonyl (C=O) groups is 2. The van der Waals surface area contributed by atoms with Crippen LogP contribution in [0.15, 0.2) is 54.6 Å². The summed E-state index contributed by atoms with van der Waals surface area (Å²) in [4.78, 5) is 21.1. The molecule has 0 unspecified atom stereocenters. The third-order valence-corrected chi connectivity index (χ3v) is 3.59. The number of esters is 1. The quantitative estimate of drug-likeness (QED) is 0.623. The van der Waals surface area contributed by atoms with Gasteiger partial charge in [0, 0.05) is 19.4 Å². The molecule has 2 aromatic carbocycles. The molecule has 1 aliphatic rings. The molecule has 0 atom stereocenters. The fraction of sp³-hybridized carbons (Fsp3) is 0.364. The topological polar surface area (TPSA) is 55.4 Å². The molecule has 1 heterocycles. The summed E-state index contributed by atoms with van der Waals surface area (Å²) >= 11 is 0. The molecule has 1 aliphatic heterocycles. The zero-order valence-electron chi connectivity index (χ0n) is 16.0. The van der Waals surface area contributed by atoms with Crippen molar-refractivity contribution in [1.82, 2.24) is 5.32 Å². The Kier molecular flexibility index (Phi) is 10.5. The highest BCUT2D eigenvalue weighted by atomic mass is 16.5. The fourth-order valence-electron chi connectivity index (χ4n) is 2.09. The van der Waals surface area contributed by atoms with E-state index in [-0.39, 0.29) is 11.9 Å². The Bertz CT molecular complexity index is 645. The zero-order valence-corrected chi connectivity index (χ0v) is 16.0. The largest absolute Gasteiger partial charge is 0.461 e. The van der Waals surface area contributed by atoms with Gasteiger partial charge in [-0.3, -0.25) is 9.59 Å². The van der Waals surface area contributed by atoms with Gasteiger partial charge in [0.1, 0.15) is 6.61 Å². The van der Waals surface area contributed by atoms with Crippen LogP contribution in [0.4, 0.5) is 0 Å². The van der Waals surface area contributed by atoms with E-state index in [1.165, 1.54) is 11.1 Å². The van der Waals surface area contributed by atoms with Gasteiger partial charge in [-0.05, 0) is 23.1 Å². The van der Waals surface area contributed by atoms with Gasteiger partial charge in [-0.1, -0.05) is 75.4 Å². The van der Waals surface area contributed by atoms with Crippen LogP contribution < -0.4 is 5.32 Å². The van der Waals surface area contributed by atoms with E-state index in [9.17, 15) is 9.59 Å². The number of β-lactam (4-membered cyclic amide) rings is 1. The number of ether oxygens (including phenoxy) is 1. The number of hydrogen-bond donors (Lipinski definition) is 1. The second-order valence-corrected chi connectivity index (χ2v) is 5.57. The van der Waals surface area contributed by atoms with Crippen LogP contribution in [0, 0.1) is 0 Å². The van der Waals surface area contributed by atoms with Gasteiger partial charge < -0.3 is 10.1 Å². The summed E-state index contributed by atoms with van der Waals surface area (Å²) in [7, 11) is 0. The van der Waals surface area contributed by atoms with E-state index >= 15 is 0 Å². The Hall–Kier alpha value is -2.62. The summed E-state index contributed by atoms with van der Waals surface area (Å²) in [6.07, 6.45) is 2.05. The molecule has 0 bridgehead atoms. The molecule has 0 saturated carbocycles. The number of benzene rings is 2. The zero-order chi connectivity index (χ0) is 19.2. The summed E-state index contributed by atoms with van der Waals surface area (Å²) in [6, 6.07) is 18.3. The Morgan fingerprint density at radius 3 is 2.00 bits per heavy atom. The number of amides is 1. The molecule has 3 rings (SSSR count). The van der Waals surface area contributed by atoms with Gasteiger partial charge in [0.05, 0.1) is 0 Å². The van der Waals surface area contributed by atoms with E-state index in [1.807, 2.05) is 51.1 Å². The first-order valence-corrected chi connectivity index (χ1v) is 9.25. The van der Waals surface area contributed by atoms with Crippen LogP contribution in [0.3, 0.4) is 0 Å². The lowest BCUT2D eigenvalue weighted by atomic mass is 10.0. The van der Waals surface area contributed by atoms with Crippen molar-refractivity contribution in [3.63, 3.8) is 0 Å². The highest BCUT2D eigenvalue weighted by molar-refractivity contribution is 5.81. The van der Waals surface area contributed by atoms with Crippen LogP contribution in [-0.2, 0) is 20.9 Å². The average Bonchev–Trinajstić information content (AvgIpc) is 2.68. The molecule has 0 spiro atoms. The Labute approximate surface area is 156 Å². The highest BCUT2D eigenvalue weighted by Crippen LogP contribution is 2.19. The first-order chi connectivity index (χ1) is 12.7. The molecule has 1 N–H and O–H groups in total. The minimum Gasteiger partial charge on any atom is -0.461 e. The van der Waals surface area contributed by atoms with Crippen molar-refractivity contribution in [2.24, 2.45) is 0 Å². The SMILES string of the molecule is CC.CCCC(=O)OCc1ccc(-c2ccccc2)cc1.O=C1CCN1. The van der Waals surface area contributed by atoms with Crippen LogP contribution in [0.25, 0.3) is 11.1 Å². The molecule has 0 radical (unpaired) electrons. The monoisotopic (exact) mass is 355 g/mol. The maximum absolute atomic E-state index is 11.3. The summed E-state index contributed by atoms with van der Waals surface area (Å²) in [5.41, 5.74) is 3.38. The molecule has 1 amide bonds. The van der Waals surface area contributed by atoms with Crippen molar-refractivity contribution in [2.75, 3.05) is 6.54 Å². The van der Waals surface area contributed by atoms with Gasteiger partial charge >= 0.3 is 5.97 Å². The van der Waals surface area contributed by atoms with Gasteiger partial charge in [0.2, 0.25) is 5.91 Å². The molecule has 4 nitrogen and oxygen atoms in total. The summed E-state index contributed by atoms with van der Waals surface area (Å²) in [6.45, 7) is 7.21. The molecule has 0 aromatic heterocycles. The van der Waals surface area contributed by atoms with E-state index in [2.05, 4.69) is 29.6 Å². The van der Waals surface area contributed by atoms with Crippen LogP contribution >= 0.6 is 0 Å². The van der Waals surface area contributed by atoms with Crippen molar-refractivity contribution >= 4 is 11.9 Å².